The largest absolute Gasteiger partial charge is 0.494 e. The number of allylic oxidation sites excluding steroid dienone is 5. The second kappa shape index (κ2) is 3.79. The van der Waals surface area contributed by atoms with E-state index in [1.165, 1.54) is 0 Å². The van der Waals surface area contributed by atoms with E-state index in [9.17, 15) is 5.11 Å². The van der Waals surface area contributed by atoms with Gasteiger partial charge in [-0.05, 0) is 24.3 Å². The van der Waals surface area contributed by atoms with Crippen LogP contribution in [-0.2, 0) is 0 Å². The predicted octanol–water partition coefficient (Wildman–Crippen LogP) is 2.39. The van der Waals surface area contributed by atoms with Crippen molar-refractivity contribution in [1.29, 1.82) is 0 Å². The van der Waals surface area contributed by atoms with Gasteiger partial charge in [-0.1, -0.05) is 12.2 Å². The molecule has 0 radical (unpaired) electrons. The van der Waals surface area contributed by atoms with Gasteiger partial charge in [-0.15, -0.1) is 0 Å². The highest BCUT2D eigenvalue weighted by Gasteiger charge is 2.01. The van der Waals surface area contributed by atoms with Crippen molar-refractivity contribution in [3.63, 3.8) is 0 Å². The topological polar surface area (TPSA) is 45.1 Å². The van der Waals surface area contributed by atoms with Crippen molar-refractivity contribution in [3.05, 3.63) is 60.3 Å². The molecule has 2 N–H and O–H groups in total. The van der Waals surface area contributed by atoms with Crippen LogP contribution in [0.3, 0.4) is 0 Å². The molecule has 0 aromatic carbocycles. The summed E-state index contributed by atoms with van der Waals surface area (Å²) < 4.78 is 0. The second-order valence-electron chi connectivity index (χ2n) is 2.88. The summed E-state index contributed by atoms with van der Waals surface area (Å²) in [6.07, 6.45) is 10.8. The van der Waals surface area contributed by atoms with Gasteiger partial charge in [-0.2, -0.15) is 0 Å². The zero-order valence-electron chi connectivity index (χ0n) is 7.51. The Hall–Kier alpha value is -2.03. The van der Waals surface area contributed by atoms with E-state index in [-0.39, 0.29) is 5.88 Å². The minimum atomic E-state index is 0.154. The van der Waals surface area contributed by atoms with Crippen LogP contribution >= 0.6 is 0 Å². The zero-order valence-corrected chi connectivity index (χ0v) is 7.51. The van der Waals surface area contributed by atoms with Crippen LogP contribution in [0.2, 0.25) is 0 Å². The standard InChI is InChI=1S/C11H10N2O/c14-11(9-3-1-2-4-9)13-10-5-7-12-8-6-10/h1-8,14H,(H,12,13). The molecule has 0 saturated carbocycles. The molecule has 3 heteroatoms. The fourth-order valence-corrected chi connectivity index (χ4v) is 1.18. The summed E-state index contributed by atoms with van der Waals surface area (Å²) in [5, 5.41) is 12.5. The van der Waals surface area contributed by atoms with E-state index in [1.807, 2.05) is 24.3 Å². The first-order valence-electron chi connectivity index (χ1n) is 4.31. The van der Waals surface area contributed by atoms with E-state index >= 15 is 0 Å². The number of aromatic nitrogens is 1. The van der Waals surface area contributed by atoms with Gasteiger partial charge in [-0.25, -0.2) is 0 Å². The van der Waals surface area contributed by atoms with E-state index in [2.05, 4.69) is 10.3 Å². The Morgan fingerprint density at radius 3 is 2.43 bits per heavy atom. The van der Waals surface area contributed by atoms with Crippen LogP contribution in [0, 0.1) is 0 Å². The van der Waals surface area contributed by atoms with Gasteiger partial charge >= 0.3 is 0 Å². The Labute approximate surface area is 82.1 Å². The maximum absolute atomic E-state index is 9.65. The number of nitrogens with one attached hydrogen (secondary N) is 1. The van der Waals surface area contributed by atoms with Gasteiger partial charge in [0.2, 0.25) is 0 Å². The highest BCUT2D eigenvalue weighted by molar-refractivity contribution is 5.51. The average molecular weight is 186 g/mol. The molecule has 0 saturated heterocycles. The molecular formula is C11H10N2O. The summed E-state index contributed by atoms with van der Waals surface area (Å²) >= 11 is 0. The summed E-state index contributed by atoms with van der Waals surface area (Å²) in [6.45, 7) is 0. The summed E-state index contributed by atoms with van der Waals surface area (Å²) in [6, 6.07) is 3.58. The van der Waals surface area contributed by atoms with Gasteiger partial charge in [0.15, 0.2) is 5.88 Å². The van der Waals surface area contributed by atoms with Gasteiger partial charge in [0, 0.05) is 23.7 Å². The summed E-state index contributed by atoms with van der Waals surface area (Å²) in [7, 11) is 0. The Morgan fingerprint density at radius 1 is 1.14 bits per heavy atom. The van der Waals surface area contributed by atoms with Gasteiger partial charge < -0.3 is 10.4 Å². The number of hydrogen-bond donors (Lipinski definition) is 2. The van der Waals surface area contributed by atoms with Crippen LogP contribution in [0.4, 0.5) is 5.69 Å². The van der Waals surface area contributed by atoms with Crippen molar-refractivity contribution in [3.8, 4) is 0 Å². The first-order valence-corrected chi connectivity index (χ1v) is 4.31. The molecule has 0 aliphatic heterocycles. The van der Waals surface area contributed by atoms with Gasteiger partial charge in [-0.3, -0.25) is 4.98 Å². The molecule has 1 aliphatic rings. The minimum absolute atomic E-state index is 0.154. The van der Waals surface area contributed by atoms with Crippen LogP contribution in [0.1, 0.15) is 0 Å². The maximum Gasteiger partial charge on any atom is 0.196 e. The number of aliphatic hydroxyl groups excluding tert-OH is 1. The van der Waals surface area contributed by atoms with Crippen LogP contribution in [-0.4, -0.2) is 10.1 Å². The van der Waals surface area contributed by atoms with Crippen LogP contribution in [0.5, 0.6) is 0 Å². The van der Waals surface area contributed by atoms with E-state index in [0.29, 0.717) is 0 Å². The van der Waals surface area contributed by atoms with Crippen LogP contribution < -0.4 is 5.32 Å². The Morgan fingerprint density at radius 2 is 1.79 bits per heavy atom. The average Bonchev–Trinajstić information content (AvgIpc) is 2.72. The summed E-state index contributed by atoms with van der Waals surface area (Å²) in [5.41, 5.74) is 1.60. The third kappa shape index (κ3) is 1.82. The molecule has 0 bridgehead atoms. The maximum atomic E-state index is 9.65. The third-order valence-corrected chi connectivity index (χ3v) is 1.88. The quantitative estimate of drug-likeness (QED) is 0.697. The first-order chi connectivity index (χ1) is 6.86. The summed E-state index contributed by atoms with van der Waals surface area (Å²) in [5.74, 6) is 0.154. The molecule has 0 atom stereocenters. The SMILES string of the molecule is OC(Nc1ccncc1)=C1C=CC=C1. The van der Waals surface area contributed by atoms with Crippen molar-refractivity contribution >= 4 is 5.69 Å². The fraction of sp³-hybridized carbons (Fsp3) is 0. The molecule has 1 aromatic rings. The highest BCUT2D eigenvalue weighted by Crippen LogP contribution is 2.14. The second-order valence-corrected chi connectivity index (χ2v) is 2.88. The molecule has 1 heterocycles. The lowest BCUT2D eigenvalue weighted by molar-refractivity contribution is 0.416. The first kappa shape index (κ1) is 8.56. The molecule has 0 unspecified atom stereocenters. The number of rotatable bonds is 2. The monoisotopic (exact) mass is 186 g/mol. The molecular weight excluding hydrogens is 176 g/mol. The molecule has 1 aliphatic carbocycles. The number of nitrogens with zero attached hydrogens (tertiary/aromatic N) is 1. The lowest BCUT2D eigenvalue weighted by atomic mass is 10.3. The van der Waals surface area contributed by atoms with Crippen molar-refractivity contribution in [1.82, 2.24) is 4.98 Å². The van der Waals surface area contributed by atoms with E-state index in [4.69, 9.17) is 0 Å². The lowest BCUT2D eigenvalue weighted by Crippen LogP contribution is -2.00. The fourth-order valence-electron chi connectivity index (χ4n) is 1.18. The molecule has 70 valence electrons. The van der Waals surface area contributed by atoms with Crippen molar-refractivity contribution in [2.45, 2.75) is 0 Å². The highest BCUT2D eigenvalue weighted by atomic mass is 16.3. The van der Waals surface area contributed by atoms with Gasteiger partial charge in [0.1, 0.15) is 0 Å². The van der Waals surface area contributed by atoms with E-state index in [1.54, 1.807) is 24.5 Å². The molecule has 1 aromatic heterocycles. The summed E-state index contributed by atoms with van der Waals surface area (Å²) in [4.78, 5) is 3.88. The molecule has 3 nitrogen and oxygen atoms in total. The van der Waals surface area contributed by atoms with Crippen molar-refractivity contribution in [2.24, 2.45) is 0 Å². The molecule has 0 amide bonds. The molecule has 2 rings (SSSR count). The van der Waals surface area contributed by atoms with Gasteiger partial charge in [0.05, 0.1) is 0 Å². The van der Waals surface area contributed by atoms with Crippen LogP contribution in [0.15, 0.2) is 60.3 Å². The predicted molar refractivity (Wildman–Crippen MR) is 55.8 cm³/mol. The Bertz CT molecular complexity index is 391. The molecule has 0 spiro atoms. The van der Waals surface area contributed by atoms with Crippen LogP contribution in [0.25, 0.3) is 0 Å². The smallest absolute Gasteiger partial charge is 0.196 e. The minimum Gasteiger partial charge on any atom is -0.494 e. The number of pyridine rings is 1. The number of aliphatic hydroxyl groups is 1. The van der Waals surface area contributed by atoms with Crippen molar-refractivity contribution < 1.29 is 5.11 Å². The normalized spacial score (nSPS) is 13.3. The Balaban J connectivity index is 2.16. The number of hydrogen-bond acceptors (Lipinski definition) is 3. The van der Waals surface area contributed by atoms with E-state index in [0.717, 1.165) is 11.3 Å². The van der Waals surface area contributed by atoms with Gasteiger partial charge in [0.25, 0.3) is 0 Å². The number of anilines is 1. The van der Waals surface area contributed by atoms with E-state index < -0.39 is 0 Å². The lowest BCUT2D eigenvalue weighted by Gasteiger charge is -2.05. The Kier molecular flexibility index (Phi) is 2.32. The molecule has 0 fully saturated rings. The van der Waals surface area contributed by atoms with Crippen molar-refractivity contribution in [2.75, 3.05) is 5.32 Å². The zero-order chi connectivity index (χ0) is 9.80. The third-order valence-electron chi connectivity index (χ3n) is 1.88. The molecule has 14 heavy (non-hydrogen) atoms.